The molecule has 0 saturated carbocycles. The average molecular weight is 276 g/mol. The maximum atomic E-state index is 12.2. The molecule has 1 rings (SSSR count). The number of nitrogens with two attached hydrogens (primary N) is 1. The van der Waals surface area contributed by atoms with E-state index in [-0.39, 0.29) is 17.2 Å². The quantitative estimate of drug-likeness (QED) is 0.804. The molecule has 3 nitrogen and oxygen atoms in total. The van der Waals surface area contributed by atoms with Gasteiger partial charge in [-0.15, -0.1) is 0 Å². The zero-order chi connectivity index (χ0) is 15.2. The van der Waals surface area contributed by atoms with Crippen LogP contribution in [-0.2, 0) is 10.2 Å². The largest absolute Gasteiger partial charge is 0.355 e. The van der Waals surface area contributed by atoms with Crippen molar-refractivity contribution in [3.05, 3.63) is 35.9 Å². The Balaban J connectivity index is 2.59. The molecule has 0 aliphatic carbocycles. The molecule has 0 bridgehead atoms. The van der Waals surface area contributed by atoms with Crippen LogP contribution in [0.1, 0.15) is 39.7 Å². The van der Waals surface area contributed by atoms with Crippen LogP contribution in [0, 0.1) is 11.8 Å². The molecule has 0 aromatic heterocycles. The number of amides is 1. The third kappa shape index (κ3) is 4.97. The summed E-state index contributed by atoms with van der Waals surface area (Å²) in [5, 5.41) is 3.06. The number of benzene rings is 1. The zero-order valence-corrected chi connectivity index (χ0v) is 13.1. The van der Waals surface area contributed by atoms with Gasteiger partial charge in [-0.1, -0.05) is 58.0 Å². The van der Waals surface area contributed by atoms with E-state index < -0.39 is 0 Å². The molecule has 1 aromatic carbocycles. The Hall–Kier alpha value is -1.35. The standard InChI is InChI=1S/C17H28N2O/c1-13(2)10-14(11-18)16(20)19-12-17(3,4)15-8-6-5-7-9-15/h5-9,13-14H,10-12,18H2,1-4H3,(H,19,20). The van der Waals surface area contributed by atoms with Crippen molar-refractivity contribution >= 4 is 5.91 Å². The summed E-state index contributed by atoms with van der Waals surface area (Å²) in [6, 6.07) is 10.3. The Labute approximate surface area is 122 Å². The van der Waals surface area contributed by atoms with Gasteiger partial charge in [0.2, 0.25) is 5.91 Å². The fourth-order valence-corrected chi connectivity index (χ4v) is 2.32. The van der Waals surface area contributed by atoms with Crippen LogP contribution in [0.5, 0.6) is 0 Å². The molecule has 1 atom stereocenters. The molecule has 20 heavy (non-hydrogen) atoms. The second-order valence-corrected chi connectivity index (χ2v) is 6.53. The molecule has 1 unspecified atom stereocenters. The van der Waals surface area contributed by atoms with E-state index in [1.54, 1.807) is 0 Å². The highest BCUT2D eigenvalue weighted by molar-refractivity contribution is 5.79. The predicted molar refractivity (Wildman–Crippen MR) is 84.5 cm³/mol. The summed E-state index contributed by atoms with van der Waals surface area (Å²) in [6.45, 7) is 9.55. The Bertz CT molecular complexity index is 412. The van der Waals surface area contributed by atoms with Crippen LogP contribution >= 0.6 is 0 Å². The van der Waals surface area contributed by atoms with Crippen LogP contribution in [-0.4, -0.2) is 19.0 Å². The molecule has 1 aromatic rings. The summed E-state index contributed by atoms with van der Waals surface area (Å²) in [6.07, 6.45) is 0.841. The SMILES string of the molecule is CC(C)CC(CN)C(=O)NCC(C)(C)c1ccccc1. The number of nitrogens with one attached hydrogen (secondary N) is 1. The first-order valence-corrected chi connectivity index (χ1v) is 7.40. The minimum absolute atomic E-state index is 0.0743. The lowest BCUT2D eigenvalue weighted by Gasteiger charge is -2.27. The maximum absolute atomic E-state index is 12.2. The first-order chi connectivity index (χ1) is 9.36. The zero-order valence-electron chi connectivity index (χ0n) is 13.1. The van der Waals surface area contributed by atoms with Gasteiger partial charge < -0.3 is 11.1 Å². The molecular weight excluding hydrogens is 248 g/mol. The third-order valence-corrected chi connectivity index (χ3v) is 3.67. The van der Waals surface area contributed by atoms with Gasteiger partial charge >= 0.3 is 0 Å². The highest BCUT2D eigenvalue weighted by atomic mass is 16.1. The maximum Gasteiger partial charge on any atom is 0.224 e. The third-order valence-electron chi connectivity index (χ3n) is 3.67. The monoisotopic (exact) mass is 276 g/mol. The van der Waals surface area contributed by atoms with Crippen LogP contribution < -0.4 is 11.1 Å². The molecule has 0 aliphatic heterocycles. The first kappa shape index (κ1) is 16.7. The van der Waals surface area contributed by atoms with Gasteiger partial charge in [-0.25, -0.2) is 0 Å². The second-order valence-electron chi connectivity index (χ2n) is 6.53. The molecule has 1 amide bonds. The summed E-state index contributed by atoms with van der Waals surface area (Å²) >= 11 is 0. The van der Waals surface area contributed by atoms with Crippen LogP contribution in [0.25, 0.3) is 0 Å². The van der Waals surface area contributed by atoms with Gasteiger partial charge in [0, 0.05) is 18.5 Å². The van der Waals surface area contributed by atoms with Gasteiger partial charge in [-0.3, -0.25) is 4.79 Å². The Morgan fingerprint density at radius 3 is 2.35 bits per heavy atom. The highest BCUT2D eigenvalue weighted by Gasteiger charge is 2.24. The van der Waals surface area contributed by atoms with Gasteiger partial charge in [-0.2, -0.15) is 0 Å². The van der Waals surface area contributed by atoms with Gasteiger partial charge in [0.05, 0.1) is 5.92 Å². The predicted octanol–water partition coefficient (Wildman–Crippen LogP) is 2.70. The number of rotatable bonds is 7. The lowest BCUT2D eigenvalue weighted by Crippen LogP contribution is -2.42. The Morgan fingerprint density at radius 1 is 1.25 bits per heavy atom. The van der Waals surface area contributed by atoms with Crippen LogP contribution in [0.2, 0.25) is 0 Å². The van der Waals surface area contributed by atoms with Gasteiger partial charge in [0.15, 0.2) is 0 Å². The van der Waals surface area contributed by atoms with Crippen LogP contribution in [0.3, 0.4) is 0 Å². The Morgan fingerprint density at radius 2 is 1.85 bits per heavy atom. The van der Waals surface area contributed by atoms with Crippen molar-refractivity contribution in [3.63, 3.8) is 0 Å². The van der Waals surface area contributed by atoms with E-state index in [1.165, 1.54) is 5.56 Å². The lowest BCUT2D eigenvalue weighted by molar-refractivity contribution is -0.125. The van der Waals surface area contributed by atoms with E-state index in [9.17, 15) is 4.79 Å². The summed E-state index contributed by atoms with van der Waals surface area (Å²) in [4.78, 5) is 12.2. The van der Waals surface area contributed by atoms with E-state index in [0.29, 0.717) is 19.0 Å². The number of hydrogen-bond acceptors (Lipinski definition) is 2. The van der Waals surface area contributed by atoms with E-state index in [1.807, 2.05) is 18.2 Å². The van der Waals surface area contributed by atoms with Gasteiger partial charge in [0.25, 0.3) is 0 Å². The fourth-order valence-electron chi connectivity index (χ4n) is 2.32. The average Bonchev–Trinajstić information content (AvgIpc) is 2.43. The fraction of sp³-hybridized carbons (Fsp3) is 0.588. The van der Waals surface area contributed by atoms with Crippen molar-refractivity contribution in [1.29, 1.82) is 0 Å². The smallest absolute Gasteiger partial charge is 0.224 e. The van der Waals surface area contributed by atoms with Crippen molar-refractivity contribution in [2.45, 2.75) is 39.5 Å². The van der Waals surface area contributed by atoms with Crippen LogP contribution in [0.15, 0.2) is 30.3 Å². The lowest BCUT2D eigenvalue weighted by atomic mass is 9.84. The molecule has 0 radical (unpaired) electrons. The molecule has 0 saturated heterocycles. The van der Waals surface area contributed by atoms with Crippen molar-refractivity contribution in [3.8, 4) is 0 Å². The summed E-state index contributed by atoms with van der Waals surface area (Å²) < 4.78 is 0. The van der Waals surface area contributed by atoms with E-state index >= 15 is 0 Å². The summed E-state index contributed by atoms with van der Waals surface area (Å²) in [5.74, 6) is 0.475. The molecule has 0 heterocycles. The minimum atomic E-state index is -0.0819. The molecule has 0 aliphatic rings. The van der Waals surface area contributed by atoms with Crippen molar-refractivity contribution in [2.24, 2.45) is 17.6 Å². The van der Waals surface area contributed by atoms with Crippen molar-refractivity contribution in [1.82, 2.24) is 5.32 Å². The Kier molecular flexibility index (Phi) is 6.21. The first-order valence-electron chi connectivity index (χ1n) is 7.40. The van der Waals surface area contributed by atoms with Crippen LogP contribution in [0.4, 0.5) is 0 Å². The molecule has 0 fully saturated rings. The van der Waals surface area contributed by atoms with E-state index in [4.69, 9.17) is 5.73 Å². The number of carbonyl (C=O) groups is 1. The van der Waals surface area contributed by atoms with Gasteiger partial charge in [0.1, 0.15) is 0 Å². The van der Waals surface area contributed by atoms with E-state index in [2.05, 4.69) is 45.1 Å². The molecule has 3 heteroatoms. The minimum Gasteiger partial charge on any atom is -0.355 e. The normalized spacial score (nSPS) is 13.3. The molecule has 112 valence electrons. The van der Waals surface area contributed by atoms with Crippen molar-refractivity contribution in [2.75, 3.05) is 13.1 Å². The second kappa shape index (κ2) is 7.44. The molecule has 0 spiro atoms. The topological polar surface area (TPSA) is 55.1 Å². The molecular formula is C17H28N2O. The number of hydrogen-bond donors (Lipinski definition) is 2. The van der Waals surface area contributed by atoms with Gasteiger partial charge in [-0.05, 0) is 17.9 Å². The van der Waals surface area contributed by atoms with E-state index in [0.717, 1.165) is 6.42 Å². The highest BCUT2D eigenvalue weighted by Crippen LogP contribution is 2.22. The summed E-state index contributed by atoms with van der Waals surface area (Å²) in [7, 11) is 0. The molecule has 3 N–H and O–H groups in total. The van der Waals surface area contributed by atoms with Crippen molar-refractivity contribution < 1.29 is 4.79 Å². The number of carbonyl (C=O) groups excluding carboxylic acids is 1. The summed E-state index contributed by atoms with van der Waals surface area (Å²) in [5.41, 5.74) is 6.87.